The number of hydrogen-bond donors (Lipinski definition) is 1. The van der Waals surface area contributed by atoms with Crippen LogP contribution in [-0.2, 0) is 27.9 Å². The first kappa shape index (κ1) is 23.7. The van der Waals surface area contributed by atoms with Gasteiger partial charge < -0.3 is 15.0 Å². The summed E-state index contributed by atoms with van der Waals surface area (Å²) in [7, 11) is 3.33. The third kappa shape index (κ3) is 6.23. The van der Waals surface area contributed by atoms with Gasteiger partial charge in [0.2, 0.25) is 5.91 Å². The molecule has 3 rings (SSSR count). The van der Waals surface area contributed by atoms with Crippen LogP contribution < -0.4 is 5.32 Å². The van der Waals surface area contributed by atoms with E-state index in [2.05, 4.69) is 67.7 Å². The number of anilines is 1. The molecule has 0 aliphatic heterocycles. The second-order valence-electron chi connectivity index (χ2n) is 7.91. The highest BCUT2D eigenvalue weighted by molar-refractivity contribution is 5.77. The summed E-state index contributed by atoms with van der Waals surface area (Å²) in [4.78, 5) is 13.5. The maximum Gasteiger partial charge on any atom is 0.379 e. The number of carbonyl (C=O) groups is 1. The van der Waals surface area contributed by atoms with Crippen molar-refractivity contribution in [2.24, 2.45) is 0 Å². The van der Waals surface area contributed by atoms with E-state index in [1.165, 1.54) is 18.2 Å². The van der Waals surface area contributed by atoms with E-state index < -0.39 is 6.68 Å². The lowest BCUT2D eigenvalue weighted by Gasteiger charge is -2.30. The highest BCUT2D eigenvalue weighted by Crippen LogP contribution is 2.39. The van der Waals surface area contributed by atoms with E-state index in [0.29, 0.717) is 12.6 Å². The van der Waals surface area contributed by atoms with Crippen LogP contribution in [0.5, 0.6) is 0 Å². The van der Waals surface area contributed by atoms with Crippen LogP contribution in [0.4, 0.5) is 18.9 Å². The maximum atomic E-state index is 11.8. The molecule has 0 heterocycles. The Morgan fingerprint density at radius 3 is 2.33 bits per heavy atom. The fraction of sp³-hybridized carbons (Fsp3) is 0.435. The molecule has 164 valence electrons. The van der Waals surface area contributed by atoms with E-state index in [1.54, 1.807) is 11.9 Å². The lowest BCUT2D eigenvalue weighted by molar-refractivity contribution is -0.134. The lowest BCUT2D eigenvalue weighted by Crippen LogP contribution is -2.36. The topological polar surface area (TPSA) is 41.6 Å². The molecule has 7 heteroatoms. The molecule has 0 radical (unpaired) electrons. The number of carbonyl (C=O) groups excluding carboxylic acids is 1. The monoisotopic (exact) mass is 422 g/mol. The van der Waals surface area contributed by atoms with Crippen molar-refractivity contribution in [1.29, 1.82) is 0 Å². The number of amides is 1. The van der Waals surface area contributed by atoms with E-state index in [1.807, 2.05) is 0 Å². The Kier molecular flexibility index (Phi) is 8.29. The zero-order valence-corrected chi connectivity index (χ0v) is 17.8. The summed E-state index contributed by atoms with van der Waals surface area (Å²) in [6.45, 7) is 1.65. The number of nitrogens with one attached hydrogen (secondary N) is 1. The maximum absolute atomic E-state index is 11.8. The minimum atomic E-state index is -3.67. The number of likely N-dealkylation sites (N-methyl/N-ethyl adjacent to an activating group) is 1. The van der Waals surface area contributed by atoms with Gasteiger partial charge in [0.05, 0.1) is 0 Å². The third-order valence-corrected chi connectivity index (χ3v) is 5.41. The first-order valence-electron chi connectivity index (χ1n) is 9.74. The normalized spacial score (nSPS) is 16.5. The minimum absolute atomic E-state index is 0.0137. The van der Waals surface area contributed by atoms with Gasteiger partial charge in [-0.2, -0.15) is 13.2 Å². The number of benzene rings is 2. The Bertz CT molecular complexity index is 823. The summed E-state index contributed by atoms with van der Waals surface area (Å²) in [6, 6.07) is 17.4. The Balaban J connectivity index is 0.000000735. The van der Waals surface area contributed by atoms with Crippen molar-refractivity contribution >= 4 is 11.6 Å². The first-order valence-corrected chi connectivity index (χ1v) is 9.74. The first-order chi connectivity index (χ1) is 14.1. The lowest BCUT2D eigenvalue weighted by atomic mass is 9.83. The largest absolute Gasteiger partial charge is 0.381 e. The van der Waals surface area contributed by atoms with Gasteiger partial charge in [-0.25, -0.2) is 0 Å². The number of methoxy groups -OCH3 is 1. The van der Waals surface area contributed by atoms with Gasteiger partial charge in [0.15, 0.2) is 0 Å². The number of alkyl halides is 3. The standard InChI is InChI=1S/C22H28N2O2.CHF3/c1-22(2)19-8-6-5-7-17(19)13-20(22)23-18-11-9-16(10-12-18)14-24(3)21(25)15-26-4;2-1(3)4/h5-12,20,23H,13-15H2,1-4H3;1H. The van der Waals surface area contributed by atoms with Crippen LogP contribution in [0.2, 0.25) is 0 Å². The van der Waals surface area contributed by atoms with E-state index in [0.717, 1.165) is 17.7 Å². The van der Waals surface area contributed by atoms with E-state index in [9.17, 15) is 18.0 Å². The molecule has 1 unspecified atom stereocenters. The fourth-order valence-electron chi connectivity index (χ4n) is 3.72. The van der Waals surface area contributed by atoms with Crippen molar-refractivity contribution in [2.75, 3.05) is 26.1 Å². The molecule has 0 saturated heterocycles. The average Bonchev–Trinajstić information content (AvgIpc) is 2.93. The summed E-state index contributed by atoms with van der Waals surface area (Å²) < 4.78 is 33.9. The Labute approximate surface area is 176 Å². The predicted octanol–water partition coefficient (Wildman–Crippen LogP) is 4.78. The highest BCUT2D eigenvalue weighted by Gasteiger charge is 2.38. The Morgan fingerprint density at radius 1 is 1.17 bits per heavy atom. The fourth-order valence-corrected chi connectivity index (χ4v) is 3.72. The highest BCUT2D eigenvalue weighted by atomic mass is 19.4. The molecule has 30 heavy (non-hydrogen) atoms. The molecule has 1 aliphatic carbocycles. The number of halogens is 3. The Hall–Kier alpha value is -2.54. The summed E-state index contributed by atoms with van der Waals surface area (Å²) in [5.74, 6) is -0.0137. The third-order valence-electron chi connectivity index (χ3n) is 5.41. The van der Waals surface area contributed by atoms with E-state index in [-0.39, 0.29) is 17.9 Å². The van der Waals surface area contributed by atoms with E-state index >= 15 is 0 Å². The summed E-state index contributed by atoms with van der Waals surface area (Å²) >= 11 is 0. The zero-order valence-electron chi connectivity index (χ0n) is 17.8. The van der Waals surface area contributed by atoms with Crippen molar-refractivity contribution < 1.29 is 22.7 Å². The van der Waals surface area contributed by atoms with Crippen LogP contribution in [-0.4, -0.2) is 44.3 Å². The Morgan fingerprint density at radius 2 is 1.77 bits per heavy atom. The minimum Gasteiger partial charge on any atom is -0.381 e. The van der Waals surface area contributed by atoms with Gasteiger partial charge in [-0.05, 0) is 35.2 Å². The smallest absolute Gasteiger partial charge is 0.379 e. The van der Waals surface area contributed by atoms with Crippen LogP contribution in [0, 0.1) is 0 Å². The van der Waals surface area contributed by atoms with Crippen molar-refractivity contribution in [1.82, 2.24) is 4.90 Å². The molecule has 1 aliphatic rings. The second-order valence-corrected chi connectivity index (χ2v) is 7.91. The summed E-state index contributed by atoms with van der Waals surface area (Å²) in [5.41, 5.74) is 5.20. The van der Waals surface area contributed by atoms with Crippen LogP contribution in [0.25, 0.3) is 0 Å². The molecule has 1 N–H and O–H groups in total. The van der Waals surface area contributed by atoms with Gasteiger partial charge in [0, 0.05) is 37.8 Å². The molecule has 2 aromatic rings. The molecule has 0 spiro atoms. The molecule has 2 aromatic carbocycles. The quantitative estimate of drug-likeness (QED) is 0.728. The number of fused-ring (bicyclic) bond motifs is 1. The molecule has 0 saturated carbocycles. The molecule has 1 atom stereocenters. The number of ether oxygens (including phenoxy) is 1. The van der Waals surface area contributed by atoms with Crippen molar-refractivity contribution in [2.45, 2.75) is 44.9 Å². The molecule has 0 fully saturated rings. The van der Waals surface area contributed by atoms with Crippen molar-refractivity contribution in [3.8, 4) is 0 Å². The second kappa shape index (κ2) is 10.5. The molecular formula is C23H29F3N2O2. The van der Waals surface area contributed by atoms with Gasteiger partial charge >= 0.3 is 6.68 Å². The molecule has 0 aromatic heterocycles. The van der Waals surface area contributed by atoms with Crippen molar-refractivity contribution in [3.05, 3.63) is 65.2 Å². The van der Waals surface area contributed by atoms with Crippen LogP contribution in [0.3, 0.4) is 0 Å². The van der Waals surface area contributed by atoms with Gasteiger partial charge in [0.1, 0.15) is 6.61 Å². The van der Waals surface area contributed by atoms with Gasteiger partial charge in [-0.3, -0.25) is 4.79 Å². The predicted molar refractivity (Wildman–Crippen MR) is 112 cm³/mol. The molecule has 4 nitrogen and oxygen atoms in total. The SMILES string of the molecule is COCC(=O)N(C)Cc1ccc(NC2Cc3ccccc3C2(C)C)cc1.FC(F)F. The average molecular weight is 422 g/mol. The molecule has 0 bridgehead atoms. The molecular weight excluding hydrogens is 393 g/mol. The zero-order chi connectivity index (χ0) is 22.3. The van der Waals surface area contributed by atoms with Crippen LogP contribution in [0.1, 0.15) is 30.5 Å². The number of rotatable bonds is 6. The van der Waals surface area contributed by atoms with E-state index in [4.69, 9.17) is 4.74 Å². The number of nitrogens with zero attached hydrogens (tertiary/aromatic N) is 1. The molecule has 1 amide bonds. The van der Waals surface area contributed by atoms with Crippen molar-refractivity contribution in [3.63, 3.8) is 0 Å². The van der Waals surface area contributed by atoms with Crippen LogP contribution in [0.15, 0.2) is 48.5 Å². The van der Waals surface area contributed by atoms with Crippen LogP contribution >= 0.6 is 0 Å². The van der Waals surface area contributed by atoms with Gasteiger partial charge in [-0.15, -0.1) is 0 Å². The number of hydrogen-bond acceptors (Lipinski definition) is 3. The van der Waals surface area contributed by atoms with Gasteiger partial charge in [0.25, 0.3) is 0 Å². The summed E-state index contributed by atoms with van der Waals surface area (Å²) in [6.07, 6.45) is 1.04. The summed E-state index contributed by atoms with van der Waals surface area (Å²) in [5, 5.41) is 3.70. The van der Waals surface area contributed by atoms with Gasteiger partial charge in [-0.1, -0.05) is 50.2 Å².